The number of amides is 2. The summed E-state index contributed by atoms with van der Waals surface area (Å²) in [6.45, 7) is 2.57. The summed E-state index contributed by atoms with van der Waals surface area (Å²) in [6.07, 6.45) is 0.979. The lowest BCUT2D eigenvalue weighted by Crippen LogP contribution is -2.56. The summed E-state index contributed by atoms with van der Waals surface area (Å²) in [6, 6.07) is 9.12. The minimum Gasteiger partial charge on any atom is -0.354 e. The topological polar surface area (TPSA) is 92.3 Å². The monoisotopic (exact) mass is 336 g/mol. The SMILES string of the molecule is C[C@@]1(CNC(=O)[C@@H]2CS(=O)(=O)CC(=O)N2)C[C@H]1c1ccccc1. The van der Waals surface area contributed by atoms with E-state index in [1.54, 1.807) is 0 Å². The number of carbonyl (C=O) groups excluding carboxylic acids is 2. The predicted molar refractivity (Wildman–Crippen MR) is 85.5 cm³/mol. The molecule has 1 saturated heterocycles. The Hall–Kier alpha value is -1.89. The normalized spacial score (nSPS) is 32.0. The highest BCUT2D eigenvalue weighted by Crippen LogP contribution is 2.58. The Balaban J connectivity index is 1.57. The highest BCUT2D eigenvalue weighted by Gasteiger charge is 2.50. The van der Waals surface area contributed by atoms with Crippen LogP contribution in [0.25, 0.3) is 0 Å². The quantitative estimate of drug-likeness (QED) is 0.822. The van der Waals surface area contributed by atoms with E-state index in [1.807, 2.05) is 18.2 Å². The zero-order valence-electron chi connectivity index (χ0n) is 12.9. The van der Waals surface area contributed by atoms with E-state index in [0.717, 1.165) is 6.42 Å². The van der Waals surface area contributed by atoms with Gasteiger partial charge < -0.3 is 10.6 Å². The maximum Gasteiger partial charge on any atom is 0.243 e. The lowest BCUT2D eigenvalue weighted by Gasteiger charge is -2.23. The van der Waals surface area contributed by atoms with Gasteiger partial charge in [0.25, 0.3) is 0 Å². The molecule has 1 aromatic rings. The molecule has 0 radical (unpaired) electrons. The van der Waals surface area contributed by atoms with Crippen molar-refractivity contribution in [3.63, 3.8) is 0 Å². The smallest absolute Gasteiger partial charge is 0.243 e. The second-order valence-corrected chi connectivity index (χ2v) is 8.82. The maximum absolute atomic E-state index is 12.2. The van der Waals surface area contributed by atoms with Crippen LogP contribution in [0.5, 0.6) is 0 Å². The van der Waals surface area contributed by atoms with Gasteiger partial charge in [0.1, 0.15) is 11.8 Å². The van der Waals surface area contributed by atoms with Crippen LogP contribution in [0.3, 0.4) is 0 Å². The Morgan fingerprint density at radius 1 is 1.35 bits per heavy atom. The first-order valence-corrected chi connectivity index (χ1v) is 9.44. The molecule has 0 aromatic heterocycles. The fraction of sp³-hybridized carbons (Fsp3) is 0.500. The fourth-order valence-corrected chi connectivity index (χ4v) is 4.50. The van der Waals surface area contributed by atoms with Crippen molar-refractivity contribution in [3.05, 3.63) is 35.9 Å². The van der Waals surface area contributed by atoms with Crippen LogP contribution in [0.2, 0.25) is 0 Å². The molecule has 3 atom stereocenters. The summed E-state index contributed by atoms with van der Waals surface area (Å²) < 4.78 is 23.2. The van der Waals surface area contributed by atoms with Crippen molar-refractivity contribution in [1.82, 2.24) is 10.6 Å². The molecule has 1 aliphatic carbocycles. The summed E-state index contributed by atoms with van der Waals surface area (Å²) in [5.41, 5.74) is 1.23. The molecular weight excluding hydrogens is 316 g/mol. The third-order valence-corrected chi connectivity index (χ3v) is 6.19. The molecule has 0 bridgehead atoms. The van der Waals surface area contributed by atoms with Crippen molar-refractivity contribution in [2.24, 2.45) is 5.41 Å². The lowest BCUT2D eigenvalue weighted by atomic mass is 10.0. The largest absolute Gasteiger partial charge is 0.354 e. The number of hydrogen-bond donors (Lipinski definition) is 2. The molecule has 3 rings (SSSR count). The van der Waals surface area contributed by atoms with Crippen LogP contribution in [0.1, 0.15) is 24.8 Å². The van der Waals surface area contributed by atoms with E-state index >= 15 is 0 Å². The Morgan fingerprint density at radius 3 is 2.70 bits per heavy atom. The molecule has 1 saturated carbocycles. The number of rotatable bonds is 4. The number of carbonyl (C=O) groups is 2. The molecule has 124 valence electrons. The van der Waals surface area contributed by atoms with Gasteiger partial charge in [-0.15, -0.1) is 0 Å². The Morgan fingerprint density at radius 2 is 2.04 bits per heavy atom. The number of sulfone groups is 1. The summed E-state index contributed by atoms with van der Waals surface area (Å²) >= 11 is 0. The molecule has 6 nitrogen and oxygen atoms in total. The summed E-state index contributed by atoms with van der Waals surface area (Å²) in [4.78, 5) is 23.5. The molecule has 1 heterocycles. The van der Waals surface area contributed by atoms with Crippen molar-refractivity contribution in [2.75, 3.05) is 18.1 Å². The van der Waals surface area contributed by atoms with Crippen LogP contribution in [0, 0.1) is 5.41 Å². The van der Waals surface area contributed by atoms with E-state index in [-0.39, 0.29) is 11.2 Å². The van der Waals surface area contributed by atoms with Gasteiger partial charge in [-0.05, 0) is 23.3 Å². The van der Waals surface area contributed by atoms with Crippen LogP contribution in [0.15, 0.2) is 30.3 Å². The molecule has 0 unspecified atom stereocenters. The average molecular weight is 336 g/mol. The second-order valence-electron chi connectivity index (χ2n) is 6.71. The van der Waals surface area contributed by atoms with Crippen molar-refractivity contribution in [3.8, 4) is 0 Å². The van der Waals surface area contributed by atoms with Crippen molar-refractivity contribution in [2.45, 2.75) is 25.3 Å². The number of benzene rings is 1. The predicted octanol–water partition coefficient (Wildman–Crippen LogP) is 0.210. The molecule has 2 amide bonds. The van der Waals surface area contributed by atoms with Crippen LogP contribution >= 0.6 is 0 Å². The van der Waals surface area contributed by atoms with E-state index in [1.165, 1.54) is 5.56 Å². The van der Waals surface area contributed by atoms with Crippen molar-refractivity contribution < 1.29 is 18.0 Å². The Labute approximate surface area is 135 Å². The molecule has 1 aromatic carbocycles. The molecule has 1 aliphatic heterocycles. The highest BCUT2D eigenvalue weighted by molar-refractivity contribution is 7.92. The minimum absolute atomic E-state index is 0.0193. The first-order chi connectivity index (χ1) is 10.8. The first-order valence-electron chi connectivity index (χ1n) is 7.62. The van der Waals surface area contributed by atoms with E-state index < -0.39 is 33.4 Å². The highest BCUT2D eigenvalue weighted by atomic mass is 32.2. The Kier molecular flexibility index (Phi) is 3.91. The maximum atomic E-state index is 12.2. The molecule has 2 fully saturated rings. The van der Waals surface area contributed by atoms with E-state index in [0.29, 0.717) is 12.5 Å². The van der Waals surface area contributed by atoms with E-state index in [2.05, 4.69) is 29.7 Å². The van der Waals surface area contributed by atoms with Crippen molar-refractivity contribution in [1.29, 1.82) is 0 Å². The van der Waals surface area contributed by atoms with Gasteiger partial charge in [-0.2, -0.15) is 0 Å². The van der Waals surface area contributed by atoms with Gasteiger partial charge in [-0.25, -0.2) is 8.42 Å². The van der Waals surface area contributed by atoms with Crippen LogP contribution < -0.4 is 10.6 Å². The molecule has 0 spiro atoms. The van der Waals surface area contributed by atoms with Gasteiger partial charge >= 0.3 is 0 Å². The fourth-order valence-electron chi connectivity index (χ4n) is 3.15. The Bertz CT molecular complexity index is 732. The summed E-state index contributed by atoms with van der Waals surface area (Å²) in [5, 5.41) is 5.24. The van der Waals surface area contributed by atoms with Crippen molar-refractivity contribution >= 4 is 21.7 Å². The number of nitrogens with one attached hydrogen (secondary N) is 2. The van der Waals surface area contributed by atoms with E-state index in [4.69, 9.17) is 0 Å². The second kappa shape index (κ2) is 5.63. The zero-order chi connectivity index (χ0) is 16.7. The number of hydrogen-bond acceptors (Lipinski definition) is 4. The van der Waals surface area contributed by atoms with Gasteiger partial charge in [-0.3, -0.25) is 9.59 Å². The lowest BCUT2D eigenvalue weighted by molar-refractivity contribution is -0.127. The zero-order valence-corrected chi connectivity index (χ0v) is 13.7. The first kappa shape index (κ1) is 16.0. The van der Waals surface area contributed by atoms with Crippen LogP contribution in [0.4, 0.5) is 0 Å². The molecule has 2 aliphatic rings. The van der Waals surface area contributed by atoms with Crippen LogP contribution in [-0.4, -0.2) is 44.3 Å². The standard InChI is InChI=1S/C16H20N2O4S/c1-16(7-12(16)11-5-3-2-4-6-11)10-17-15(20)13-8-23(21,22)9-14(19)18-13/h2-6,12-13H,7-10H2,1H3,(H,17,20)(H,18,19)/t12-,13-,16-/m0/s1. The van der Waals surface area contributed by atoms with E-state index in [9.17, 15) is 18.0 Å². The molecule has 7 heteroatoms. The molecule has 2 N–H and O–H groups in total. The van der Waals surface area contributed by atoms with Gasteiger partial charge in [0.05, 0.1) is 5.75 Å². The molecular formula is C16H20N2O4S. The van der Waals surface area contributed by atoms with Gasteiger partial charge in [0.2, 0.25) is 11.8 Å². The van der Waals surface area contributed by atoms with Gasteiger partial charge in [0.15, 0.2) is 9.84 Å². The van der Waals surface area contributed by atoms with Gasteiger partial charge in [0, 0.05) is 6.54 Å². The summed E-state index contributed by atoms with van der Waals surface area (Å²) in [7, 11) is -3.49. The summed E-state index contributed by atoms with van der Waals surface area (Å²) in [5.74, 6) is -1.51. The average Bonchev–Trinajstić information content (AvgIpc) is 3.16. The third-order valence-electron chi connectivity index (χ3n) is 4.64. The van der Waals surface area contributed by atoms with Gasteiger partial charge in [-0.1, -0.05) is 37.3 Å². The molecule has 23 heavy (non-hydrogen) atoms. The minimum atomic E-state index is -3.49. The van der Waals surface area contributed by atoms with Crippen LogP contribution in [-0.2, 0) is 19.4 Å². The third kappa shape index (κ3) is 3.55.